The van der Waals surface area contributed by atoms with Crippen LogP contribution in [-0.4, -0.2) is 6.29 Å². The van der Waals surface area contributed by atoms with Crippen molar-refractivity contribution in [3.8, 4) is 0 Å². The zero-order valence-electron chi connectivity index (χ0n) is 6.55. The van der Waals surface area contributed by atoms with Crippen LogP contribution in [0.5, 0.6) is 0 Å². The van der Waals surface area contributed by atoms with Gasteiger partial charge in [-0.15, -0.1) is 0 Å². The topological polar surface area (TPSA) is 17.1 Å². The average molecular weight is 128 g/mol. The van der Waals surface area contributed by atoms with Crippen molar-refractivity contribution < 1.29 is 4.79 Å². The average Bonchev–Trinajstić information content (AvgIpc) is 1.90. The minimum atomic E-state index is 0.250. The summed E-state index contributed by atoms with van der Waals surface area (Å²) in [5.74, 6) is 0.850. The predicted molar refractivity (Wildman–Crippen MR) is 39.3 cm³/mol. The van der Waals surface area contributed by atoms with Crippen LogP contribution in [-0.2, 0) is 4.79 Å². The van der Waals surface area contributed by atoms with Crippen LogP contribution in [0.1, 0.15) is 33.6 Å². The molecule has 0 bridgehead atoms. The van der Waals surface area contributed by atoms with Crippen LogP contribution < -0.4 is 0 Å². The Morgan fingerprint density at radius 3 is 1.89 bits per heavy atom. The van der Waals surface area contributed by atoms with Crippen LogP contribution >= 0.6 is 0 Å². The Hall–Kier alpha value is -0.330. The van der Waals surface area contributed by atoms with Gasteiger partial charge in [-0.1, -0.05) is 33.6 Å². The molecule has 9 heavy (non-hydrogen) atoms. The fourth-order valence-corrected chi connectivity index (χ4v) is 1.14. The van der Waals surface area contributed by atoms with Crippen molar-refractivity contribution in [2.45, 2.75) is 33.6 Å². The molecule has 54 valence electrons. The maximum absolute atomic E-state index is 10.3. The smallest absolute Gasteiger partial charge is 0.123 e. The Kier molecular flexibility index (Phi) is 4.37. The summed E-state index contributed by atoms with van der Waals surface area (Å²) in [5, 5.41) is 0. The quantitative estimate of drug-likeness (QED) is 0.531. The molecule has 0 radical (unpaired) electrons. The largest absolute Gasteiger partial charge is 0.303 e. The summed E-state index contributed by atoms with van der Waals surface area (Å²) in [6, 6.07) is 0. The Bertz CT molecular complexity index is 74.6. The second-order valence-corrected chi connectivity index (χ2v) is 2.57. The van der Waals surface area contributed by atoms with Gasteiger partial charge in [0, 0.05) is 5.92 Å². The first-order valence-corrected chi connectivity index (χ1v) is 3.71. The third-order valence-corrected chi connectivity index (χ3v) is 2.01. The Balaban J connectivity index is 3.63. The molecule has 0 aromatic rings. The molecule has 0 fully saturated rings. The van der Waals surface area contributed by atoms with Gasteiger partial charge in [-0.2, -0.15) is 0 Å². The molecule has 0 spiro atoms. The third kappa shape index (κ3) is 2.64. The number of rotatable bonds is 4. The zero-order chi connectivity index (χ0) is 7.28. The van der Waals surface area contributed by atoms with E-state index in [1.54, 1.807) is 0 Å². The minimum absolute atomic E-state index is 0.250. The van der Waals surface area contributed by atoms with E-state index >= 15 is 0 Å². The summed E-state index contributed by atoms with van der Waals surface area (Å²) in [6.45, 7) is 6.26. The van der Waals surface area contributed by atoms with Crippen molar-refractivity contribution in [3.63, 3.8) is 0 Å². The van der Waals surface area contributed by atoms with Crippen LogP contribution in [0.3, 0.4) is 0 Å². The van der Waals surface area contributed by atoms with E-state index in [0.29, 0.717) is 5.92 Å². The van der Waals surface area contributed by atoms with Gasteiger partial charge in [0.2, 0.25) is 0 Å². The zero-order valence-corrected chi connectivity index (χ0v) is 6.55. The molecule has 0 aliphatic rings. The number of carbonyl (C=O) groups excluding carboxylic acids is 1. The molecule has 0 aliphatic heterocycles. The molecule has 1 heteroatoms. The normalized spacial score (nSPS) is 13.8. The summed E-state index contributed by atoms with van der Waals surface area (Å²) in [7, 11) is 0. The summed E-state index contributed by atoms with van der Waals surface area (Å²) < 4.78 is 0. The molecule has 0 rings (SSSR count). The SMILES string of the molecule is CCC(CC)C(C)C=O. The molecule has 1 unspecified atom stereocenters. The Morgan fingerprint density at radius 2 is 1.78 bits per heavy atom. The van der Waals surface area contributed by atoms with Crippen molar-refractivity contribution in [2.75, 3.05) is 0 Å². The van der Waals surface area contributed by atoms with E-state index in [9.17, 15) is 4.79 Å². The first kappa shape index (κ1) is 8.67. The molecule has 1 nitrogen and oxygen atoms in total. The lowest BCUT2D eigenvalue weighted by Gasteiger charge is -2.14. The van der Waals surface area contributed by atoms with Crippen LogP contribution in [0.15, 0.2) is 0 Å². The lowest BCUT2D eigenvalue weighted by molar-refractivity contribution is -0.112. The molecule has 0 heterocycles. The monoisotopic (exact) mass is 128 g/mol. The van der Waals surface area contributed by atoms with Gasteiger partial charge in [0.05, 0.1) is 0 Å². The number of aldehydes is 1. The molecule has 0 aromatic carbocycles. The van der Waals surface area contributed by atoms with Gasteiger partial charge < -0.3 is 4.79 Å². The number of carbonyl (C=O) groups is 1. The van der Waals surface area contributed by atoms with E-state index < -0.39 is 0 Å². The van der Waals surface area contributed by atoms with Crippen LogP contribution in [0.2, 0.25) is 0 Å². The molecule has 0 N–H and O–H groups in total. The summed E-state index contributed by atoms with van der Waals surface area (Å²) in [4.78, 5) is 10.3. The maximum Gasteiger partial charge on any atom is 0.123 e. The minimum Gasteiger partial charge on any atom is -0.303 e. The van der Waals surface area contributed by atoms with Crippen LogP contribution in [0.25, 0.3) is 0 Å². The fraction of sp³-hybridized carbons (Fsp3) is 0.875. The highest BCUT2D eigenvalue weighted by Crippen LogP contribution is 2.16. The fourth-order valence-electron chi connectivity index (χ4n) is 1.14. The summed E-state index contributed by atoms with van der Waals surface area (Å²) in [5.41, 5.74) is 0. The van der Waals surface area contributed by atoms with E-state index in [0.717, 1.165) is 19.1 Å². The second-order valence-electron chi connectivity index (χ2n) is 2.57. The van der Waals surface area contributed by atoms with Gasteiger partial charge in [-0.25, -0.2) is 0 Å². The van der Waals surface area contributed by atoms with Gasteiger partial charge in [0.25, 0.3) is 0 Å². The first-order chi connectivity index (χ1) is 4.26. The summed E-state index contributed by atoms with van der Waals surface area (Å²) >= 11 is 0. The highest BCUT2D eigenvalue weighted by atomic mass is 16.1. The lowest BCUT2D eigenvalue weighted by atomic mass is 9.91. The van der Waals surface area contributed by atoms with Gasteiger partial charge in [0.1, 0.15) is 6.29 Å². The van der Waals surface area contributed by atoms with E-state index in [-0.39, 0.29) is 5.92 Å². The van der Waals surface area contributed by atoms with Crippen molar-refractivity contribution in [3.05, 3.63) is 0 Å². The van der Waals surface area contributed by atoms with E-state index in [1.165, 1.54) is 0 Å². The van der Waals surface area contributed by atoms with Crippen molar-refractivity contribution in [1.82, 2.24) is 0 Å². The van der Waals surface area contributed by atoms with Gasteiger partial charge in [-0.3, -0.25) is 0 Å². The highest BCUT2D eigenvalue weighted by molar-refractivity contribution is 5.53. The molecular formula is C8H16O. The van der Waals surface area contributed by atoms with Crippen molar-refractivity contribution in [2.24, 2.45) is 11.8 Å². The molecular weight excluding hydrogens is 112 g/mol. The van der Waals surface area contributed by atoms with Crippen molar-refractivity contribution >= 4 is 6.29 Å². The van der Waals surface area contributed by atoms with Crippen molar-refractivity contribution in [1.29, 1.82) is 0 Å². The molecule has 0 saturated heterocycles. The van der Waals surface area contributed by atoms with Gasteiger partial charge in [-0.05, 0) is 5.92 Å². The molecule has 0 saturated carbocycles. The van der Waals surface area contributed by atoms with Gasteiger partial charge in [0.15, 0.2) is 0 Å². The summed E-state index contributed by atoms with van der Waals surface area (Å²) in [6.07, 6.45) is 3.30. The van der Waals surface area contributed by atoms with E-state index in [2.05, 4.69) is 13.8 Å². The van der Waals surface area contributed by atoms with Crippen LogP contribution in [0, 0.1) is 11.8 Å². The molecule has 0 aromatic heterocycles. The standard InChI is InChI=1S/C8H16O/c1-4-8(5-2)7(3)6-9/h6-8H,4-5H2,1-3H3. The highest BCUT2D eigenvalue weighted by Gasteiger charge is 2.10. The number of hydrogen-bond acceptors (Lipinski definition) is 1. The maximum atomic E-state index is 10.3. The lowest BCUT2D eigenvalue weighted by Crippen LogP contribution is -2.10. The molecule has 1 atom stereocenters. The van der Waals surface area contributed by atoms with Crippen LogP contribution in [0.4, 0.5) is 0 Å². The Morgan fingerprint density at radius 1 is 1.33 bits per heavy atom. The Labute approximate surface area is 57.5 Å². The number of hydrogen-bond donors (Lipinski definition) is 0. The van der Waals surface area contributed by atoms with Gasteiger partial charge >= 0.3 is 0 Å². The van der Waals surface area contributed by atoms with E-state index in [4.69, 9.17) is 0 Å². The molecule has 0 aliphatic carbocycles. The molecule has 0 amide bonds. The first-order valence-electron chi connectivity index (χ1n) is 3.71. The third-order valence-electron chi connectivity index (χ3n) is 2.01. The predicted octanol–water partition coefficient (Wildman–Crippen LogP) is 2.26. The second kappa shape index (κ2) is 4.54. The van der Waals surface area contributed by atoms with E-state index in [1.807, 2.05) is 6.92 Å².